The molecule has 14 heteroatoms. The van der Waals surface area contributed by atoms with Gasteiger partial charge in [-0.1, -0.05) is 187 Å². The van der Waals surface area contributed by atoms with Crippen LogP contribution in [0.3, 0.4) is 0 Å². The minimum absolute atomic E-state index is 0.0853. The predicted octanol–water partition coefficient (Wildman–Crippen LogP) is 10.2. The van der Waals surface area contributed by atoms with Gasteiger partial charge < -0.3 is 52.1 Å². The van der Waals surface area contributed by atoms with Crippen LogP contribution in [0.5, 0.6) is 0 Å². The molecule has 6 aromatic rings. The van der Waals surface area contributed by atoms with E-state index in [1.807, 2.05) is 182 Å². The Morgan fingerprint density at radius 1 is 0.479 bits per heavy atom. The first-order chi connectivity index (χ1) is 35.2. The summed E-state index contributed by atoms with van der Waals surface area (Å²) in [6.07, 6.45) is -8.43. The molecule has 3 aliphatic rings. The molecule has 3 aliphatic heterocycles. The van der Waals surface area contributed by atoms with E-state index < -0.39 is 67.7 Å². The first-order valence-electron chi connectivity index (χ1n) is 24.3. The third kappa shape index (κ3) is 14.2. The smallest absolute Gasteiger partial charge is 0.187 e. The third-order valence-electron chi connectivity index (χ3n) is 12.5. The number of benzene rings is 6. The maximum absolute atomic E-state index is 9.01. The maximum Gasteiger partial charge on any atom is 0.187 e. The van der Waals surface area contributed by atoms with Gasteiger partial charge in [0.25, 0.3) is 0 Å². The quantitative estimate of drug-likeness (QED) is 0.0247. The van der Waals surface area contributed by atoms with Crippen molar-refractivity contribution in [3.05, 3.63) is 226 Å². The van der Waals surface area contributed by atoms with E-state index in [2.05, 4.69) is 10.0 Å². The molecule has 11 atom stereocenters. The van der Waals surface area contributed by atoms with Crippen molar-refractivity contribution in [3.63, 3.8) is 0 Å². The highest BCUT2D eigenvalue weighted by Crippen LogP contribution is 2.40. The number of rotatable bonds is 24. The Kier molecular flexibility index (Phi) is 18.8. The number of hydrogen-bond acceptors (Lipinski definition) is 12. The van der Waals surface area contributed by atoms with Crippen LogP contribution in [0, 0.1) is 0 Å². The van der Waals surface area contributed by atoms with Crippen molar-refractivity contribution in [2.75, 3.05) is 26.4 Å². The first kappa shape index (κ1) is 50.1. The molecule has 5 unspecified atom stereocenters. The van der Waals surface area contributed by atoms with Crippen LogP contribution in [-0.4, -0.2) is 87.8 Å². The van der Waals surface area contributed by atoms with E-state index in [1.165, 1.54) is 0 Å². The summed E-state index contributed by atoms with van der Waals surface area (Å²) in [5.74, 6) is 0. The highest BCUT2D eigenvalue weighted by molar-refractivity contribution is 5.19. The largest absolute Gasteiger partial charge is 0.374 e. The monoisotopic (exact) mass is 963 g/mol. The number of fused-ring (bicyclic) bond motifs is 1. The first-order valence-corrected chi connectivity index (χ1v) is 24.3. The lowest BCUT2D eigenvalue weighted by molar-refractivity contribution is -0.397. The molecule has 0 aromatic heterocycles. The molecule has 14 nitrogen and oxygen atoms in total. The zero-order chi connectivity index (χ0) is 48.3. The SMILES string of the molecule is [N-]=[N+]=NCCCO[C@@H]1O[C@@H](COCc2ccccc2)[C@@H](O[C@@H]2OC3COC(c4ccccc4)O[C@@H]3[C@@H](OCc3ccccc3)C2OCc2ccccc2)C(OCc2ccccc2)C1OCc1ccccc1. The molecular weight excluding hydrogens is 903 g/mol. The topological polar surface area (TPSA) is 150 Å². The molecule has 0 spiro atoms. The summed E-state index contributed by atoms with van der Waals surface area (Å²) in [6.45, 7) is 1.99. The molecule has 0 bridgehead atoms. The van der Waals surface area contributed by atoms with Crippen molar-refractivity contribution in [2.24, 2.45) is 5.11 Å². The van der Waals surface area contributed by atoms with Gasteiger partial charge >= 0.3 is 0 Å². The fourth-order valence-electron chi connectivity index (χ4n) is 8.95. The number of nitrogens with zero attached hydrogens (tertiary/aromatic N) is 3. The number of hydrogen-bond donors (Lipinski definition) is 0. The molecule has 370 valence electrons. The lowest BCUT2D eigenvalue weighted by atomic mass is 9.95. The van der Waals surface area contributed by atoms with E-state index in [1.54, 1.807) is 0 Å². The van der Waals surface area contributed by atoms with Crippen LogP contribution in [0.4, 0.5) is 0 Å². The molecule has 0 N–H and O–H groups in total. The predicted molar refractivity (Wildman–Crippen MR) is 263 cm³/mol. The molecule has 9 rings (SSSR count). The second-order valence-electron chi connectivity index (χ2n) is 17.6. The Morgan fingerprint density at radius 2 is 0.944 bits per heavy atom. The highest BCUT2D eigenvalue weighted by Gasteiger charge is 2.56. The second-order valence-corrected chi connectivity index (χ2v) is 17.6. The normalized spacial score (nSPS) is 26.2. The molecule has 6 aromatic carbocycles. The van der Waals surface area contributed by atoms with Crippen molar-refractivity contribution < 1.29 is 52.1 Å². The lowest BCUT2D eigenvalue weighted by Gasteiger charge is -2.51. The van der Waals surface area contributed by atoms with Crippen molar-refractivity contribution in [1.82, 2.24) is 0 Å². The summed E-state index contributed by atoms with van der Waals surface area (Å²) in [5, 5.41) is 3.72. The maximum atomic E-state index is 9.01. The molecule has 71 heavy (non-hydrogen) atoms. The van der Waals surface area contributed by atoms with Crippen LogP contribution < -0.4 is 0 Å². The van der Waals surface area contributed by atoms with Gasteiger partial charge in [-0.05, 0) is 39.8 Å². The van der Waals surface area contributed by atoms with Crippen molar-refractivity contribution >= 4 is 0 Å². The molecule has 0 aliphatic carbocycles. The zero-order valence-electron chi connectivity index (χ0n) is 39.6. The van der Waals surface area contributed by atoms with Gasteiger partial charge in [-0.25, -0.2) is 0 Å². The van der Waals surface area contributed by atoms with Crippen molar-refractivity contribution in [1.29, 1.82) is 0 Å². The third-order valence-corrected chi connectivity index (χ3v) is 12.5. The Hall–Kier alpha value is -5.81. The van der Waals surface area contributed by atoms with Crippen LogP contribution in [0.1, 0.15) is 46.1 Å². The van der Waals surface area contributed by atoms with E-state index in [9.17, 15) is 0 Å². The Morgan fingerprint density at radius 3 is 1.46 bits per heavy atom. The molecule has 0 radical (unpaired) electrons. The molecule has 0 saturated carbocycles. The van der Waals surface area contributed by atoms with Gasteiger partial charge in [-0.3, -0.25) is 0 Å². The fourth-order valence-corrected chi connectivity index (χ4v) is 8.95. The second kappa shape index (κ2) is 26.6. The summed E-state index contributed by atoms with van der Waals surface area (Å²) in [6, 6.07) is 59.6. The molecule has 0 amide bonds. The van der Waals surface area contributed by atoms with Gasteiger partial charge in [0.15, 0.2) is 18.9 Å². The summed E-state index contributed by atoms with van der Waals surface area (Å²) in [4.78, 5) is 2.92. The van der Waals surface area contributed by atoms with Crippen molar-refractivity contribution in [3.8, 4) is 0 Å². The Balaban J connectivity index is 1.09. The van der Waals surface area contributed by atoms with Crippen LogP contribution in [0.15, 0.2) is 187 Å². The van der Waals surface area contributed by atoms with Crippen molar-refractivity contribution in [2.45, 2.75) is 107 Å². The van der Waals surface area contributed by atoms with Crippen LogP contribution in [0.25, 0.3) is 10.4 Å². The van der Waals surface area contributed by atoms with Crippen LogP contribution in [-0.2, 0) is 85.1 Å². The summed E-state index contributed by atoms with van der Waals surface area (Å²) < 4.78 is 75.6. The van der Waals surface area contributed by atoms with Gasteiger partial charge in [-0.15, -0.1) is 0 Å². The summed E-state index contributed by atoms with van der Waals surface area (Å²) in [5.41, 5.74) is 14.7. The fraction of sp³-hybridized carbons (Fsp3) is 0.368. The molecule has 3 heterocycles. The summed E-state index contributed by atoms with van der Waals surface area (Å²) in [7, 11) is 0. The molecule has 3 fully saturated rings. The average molecular weight is 964 g/mol. The molecular formula is C57H61N3O11. The van der Waals surface area contributed by atoms with Gasteiger partial charge in [0.2, 0.25) is 0 Å². The van der Waals surface area contributed by atoms with Crippen LogP contribution in [0.2, 0.25) is 0 Å². The molecule has 3 saturated heterocycles. The number of azide groups is 1. The highest BCUT2D eigenvalue weighted by atomic mass is 16.8. The van der Waals surface area contributed by atoms with E-state index in [-0.39, 0.29) is 52.8 Å². The minimum Gasteiger partial charge on any atom is -0.374 e. The zero-order valence-corrected chi connectivity index (χ0v) is 39.6. The lowest BCUT2D eigenvalue weighted by Crippen LogP contribution is -2.67. The van der Waals surface area contributed by atoms with Gasteiger partial charge in [0, 0.05) is 23.6 Å². The van der Waals surface area contributed by atoms with Gasteiger partial charge in [-0.2, -0.15) is 0 Å². The van der Waals surface area contributed by atoms with E-state index in [4.69, 9.17) is 57.6 Å². The van der Waals surface area contributed by atoms with E-state index in [0.717, 1.165) is 33.4 Å². The summed E-state index contributed by atoms with van der Waals surface area (Å²) >= 11 is 0. The average Bonchev–Trinajstić information content (AvgIpc) is 3.43. The minimum atomic E-state index is -1.08. The van der Waals surface area contributed by atoms with E-state index >= 15 is 0 Å². The number of ether oxygens (including phenoxy) is 11. The Labute approximate surface area is 415 Å². The van der Waals surface area contributed by atoms with Gasteiger partial charge in [0.05, 0.1) is 46.2 Å². The Bertz CT molecular complexity index is 2480. The van der Waals surface area contributed by atoms with Crippen LogP contribution >= 0.6 is 0 Å². The van der Waals surface area contributed by atoms with E-state index in [0.29, 0.717) is 13.0 Å². The standard InChI is InChI=1S/C57H61N3O11/c58-60-59-32-19-33-62-56-53(65-37-44-26-13-4-14-27-44)51(63-35-42-22-9-2-10-23-42)49(47(68-56)39-61-34-41-20-7-1-8-21-41)71-57-54(66-38-45-28-15-5-16-29-45)52(64-36-43-24-11-3-12-25-43)50-48(69-57)40-67-55(70-50)46-30-17-6-18-31-46/h1-18,20-31,47-57H,19,32-40H2/t47-,48?,49+,50-,51?,52+,53?,54?,55?,56+,57-/m0/s1. The van der Waals surface area contributed by atoms with Gasteiger partial charge in [0.1, 0.15) is 48.8 Å².